The van der Waals surface area contributed by atoms with Crippen molar-refractivity contribution in [2.75, 3.05) is 7.05 Å². The Kier molecular flexibility index (Phi) is 3.24. The number of aryl methyl sites for hydroxylation is 2. The van der Waals surface area contributed by atoms with Gasteiger partial charge in [0.2, 0.25) is 0 Å². The van der Waals surface area contributed by atoms with Gasteiger partial charge in [-0.2, -0.15) is 0 Å². The Morgan fingerprint density at radius 2 is 2.06 bits per heavy atom. The summed E-state index contributed by atoms with van der Waals surface area (Å²) in [6, 6.07) is 6.50. The lowest BCUT2D eigenvalue weighted by Gasteiger charge is -2.19. The summed E-state index contributed by atoms with van der Waals surface area (Å²) >= 11 is 0. The highest BCUT2D eigenvalue weighted by Crippen LogP contribution is 2.25. The van der Waals surface area contributed by atoms with Crippen molar-refractivity contribution in [3.8, 4) is 0 Å². The normalized spacial score (nSPS) is 12.7. The van der Waals surface area contributed by atoms with Gasteiger partial charge < -0.3 is 5.32 Å². The zero-order valence-corrected chi connectivity index (χ0v) is 10.7. The van der Waals surface area contributed by atoms with Gasteiger partial charge in [-0.05, 0) is 37.6 Å². The first-order valence-electron chi connectivity index (χ1n) is 5.73. The second-order valence-electron chi connectivity index (χ2n) is 4.29. The Morgan fingerprint density at radius 3 is 2.65 bits per heavy atom. The van der Waals surface area contributed by atoms with Gasteiger partial charge in [-0.1, -0.05) is 23.4 Å². The monoisotopic (exact) mass is 230 g/mol. The van der Waals surface area contributed by atoms with Crippen LogP contribution in [-0.2, 0) is 7.05 Å². The van der Waals surface area contributed by atoms with E-state index >= 15 is 0 Å². The Bertz CT molecular complexity index is 516. The average Bonchev–Trinajstić information content (AvgIpc) is 2.72. The molecule has 0 aliphatic rings. The molecule has 0 radical (unpaired) electrons. The van der Waals surface area contributed by atoms with E-state index in [0.717, 1.165) is 5.69 Å². The highest BCUT2D eigenvalue weighted by molar-refractivity contribution is 5.38. The molecule has 1 aromatic heterocycles. The fourth-order valence-electron chi connectivity index (χ4n) is 2.11. The third-order valence-corrected chi connectivity index (χ3v) is 3.29. The van der Waals surface area contributed by atoms with E-state index in [9.17, 15) is 0 Å². The van der Waals surface area contributed by atoms with Crippen LogP contribution in [0.15, 0.2) is 24.4 Å². The Balaban J connectivity index is 2.50. The molecule has 2 rings (SSSR count). The molecule has 1 unspecified atom stereocenters. The summed E-state index contributed by atoms with van der Waals surface area (Å²) in [7, 11) is 3.87. The first kappa shape index (κ1) is 11.8. The zero-order valence-electron chi connectivity index (χ0n) is 10.7. The molecule has 0 amide bonds. The van der Waals surface area contributed by atoms with Gasteiger partial charge in [0.05, 0.1) is 17.9 Å². The fraction of sp³-hybridized carbons (Fsp3) is 0.385. The van der Waals surface area contributed by atoms with E-state index in [2.05, 4.69) is 47.7 Å². The van der Waals surface area contributed by atoms with Crippen molar-refractivity contribution in [3.63, 3.8) is 0 Å². The molecule has 90 valence electrons. The second-order valence-corrected chi connectivity index (χ2v) is 4.29. The van der Waals surface area contributed by atoms with Gasteiger partial charge in [-0.25, -0.2) is 0 Å². The number of aromatic nitrogens is 3. The van der Waals surface area contributed by atoms with Gasteiger partial charge in [0.25, 0.3) is 0 Å². The van der Waals surface area contributed by atoms with E-state index in [1.807, 2.05) is 25.0 Å². The maximum atomic E-state index is 3.99. The summed E-state index contributed by atoms with van der Waals surface area (Å²) in [5.74, 6) is 0. The van der Waals surface area contributed by atoms with Crippen LogP contribution in [0.3, 0.4) is 0 Å². The molecule has 0 saturated heterocycles. The van der Waals surface area contributed by atoms with Crippen molar-refractivity contribution in [2.45, 2.75) is 19.9 Å². The first-order chi connectivity index (χ1) is 8.15. The summed E-state index contributed by atoms with van der Waals surface area (Å²) < 4.78 is 1.81. The lowest BCUT2D eigenvalue weighted by molar-refractivity contribution is 0.595. The van der Waals surface area contributed by atoms with Crippen LogP contribution in [0.1, 0.15) is 28.4 Å². The van der Waals surface area contributed by atoms with Crippen LogP contribution in [0, 0.1) is 13.8 Å². The highest BCUT2D eigenvalue weighted by Gasteiger charge is 2.18. The minimum absolute atomic E-state index is 0.134. The standard InChI is InChI=1S/C13H18N4/c1-9-6-5-7-11(10(9)2)13(14-3)12-8-15-16-17(12)4/h5-8,13-14H,1-4H3. The summed E-state index contributed by atoms with van der Waals surface area (Å²) in [5.41, 5.74) is 4.96. The molecule has 2 aromatic rings. The van der Waals surface area contributed by atoms with Crippen LogP contribution in [0.2, 0.25) is 0 Å². The smallest absolute Gasteiger partial charge is 0.0798 e. The van der Waals surface area contributed by atoms with Gasteiger partial charge in [0.15, 0.2) is 0 Å². The van der Waals surface area contributed by atoms with Gasteiger partial charge in [-0.3, -0.25) is 4.68 Å². The summed E-state index contributed by atoms with van der Waals surface area (Å²) in [6.07, 6.45) is 1.81. The summed E-state index contributed by atoms with van der Waals surface area (Å²) in [4.78, 5) is 0. The van der Waals surface area contributed by atoms with Crippen LogP contribution in [-0.4, -0.2) is 22.0 Å². The maximum Gasteiger partial charge on any atom is 0.0798 e. The van der Waals surface area contributed by atoms with Crippen molar-refractivity contribution in [2.24, 2.45) is 7.05 Å². The molecular weight excluding hydrogens is 212 g/mol. The van der Waals surface area contributed by atoms with Gasteiger partial charge >= 0.3 is 0 Å². The molecule has 1 heterocycles. The number of hydrogen-bond acceptors (Lipinski definition) is 3. The molecule has 0 fully saturated rings. The van der Waals surface area contributed by atoms with E-state index in [-0.39, 0.29) is 6.04 Å². The lowest BCUT2D eigenvalue weighted by atomic mass is 9.96. The molecule has 1 aromatic carbocycles. The molecular formula is C13H18N4. The molecule has 0 aliphatic heterocycles. The Labute approximate surface area is 102 Å². The number of nitrogens with zero attached hydrogens (tertiary/aromatic N) is 3. The minimum Gasteiger partial charge on any atom is -0.308 e. The largest absolute Gasteiger partial charge is 0.308 e. The molecule has 0 spiro atoms. The average molecular weight is 230 g/mol. The van der Waals surface area contributed by atoms with Gasteiger partial charge in [-0.15, -0.1) is 5.10 Å². The van der Waals surface area contributed by atoms with Crippen molar-refractivity contribution < 1.29 is 0 Å². The van der Waals surface area contributed by atoms with E-state index in [4.69, 9.17) is 0 Å². The fourth-order valence-corrected chi connectivity index (χ4v) is 2.11. The van der Waals surface area contributed by atoms with Crippen LogP contribution >= 0.6 is 0 Å². The van der Waals surface area contributed by atoms with Crippen LogP contribution in [0.4, 0.5) is 0 Å². The molecule has 4 nitrogen and oxygen atoms in total. The minimum atomic E-state index is 0.134. The predicted molar refractivity (Wildman–Crippen MR) is 67.8 cm³/mol. The molecule has 17 heavy (non-hydrogen) atoms. The second kappa shape index (κ2) is 4.67. The van der Waals surface area contributed by atoms with E-state index in [1.54, 1.807) is 0 Å². The molecule has 4 heteroatoms. The topological polar surface area (TPSA) is 42.7 Å². The quantitative estimate of drug-likeness (QED) is 0.873. The molecule has 0 aliphatic carbocycles. The van der Waals surface area contributed by atoms with Crippen LogP contribution in [0.5, 0.6) is 0 Å². The highest BCUT2D eigenvalue weighted by atomic mass is 15.4. The van der Waals surface area contributed by atoms with Crippen LogP contribution < -0.4 is 5.32 Å². The van der Waals surface area contributed by atoms with Gasteiger partial charge in [0, 0.05) is 7.05 Å². The summed E-state index contributed by atoms with van der Waals surface area (Å²) in [5, 5.41) is 11.3. The Morgan fingerprint density at radius 1 is 1.29 bits per heavy atom. The number of nitrogens with one attached hydrogen (secondary N) is 1. The van der Waals surface area contributed by atoms with Gasteiger partial charge in [0.1, 0.15) is 0 Å². The zero-order chi connectivity index (χ0) is 12.4. The van der Waals surface area contributed by atoms with E-state index in [0.29, 0.717) is 0 Å². The van der Waals surface area contributed by atoms with Crippen molar-refractivity contribution >= 4 is 0 Å². The van der Waals surface area contributed by atoms with E-state index < -0.39 is 0 Å². The van der Waals surface area contributed by atoms with E-state index in [1.165, 1.54) is 16.7 Å². The SMILES string of the molecule is CNC(c1cccc(C)c1C)c1cnnn1C. The molecule has 1 N–H and O–H groups in total. The molecule has 0 saturated carbocycles. The van der Waals surface area contributed by atoms with Crippen molar-refractivity contribution in [1.29, 1.82) is 0 Å². The van der Waals surface area contributed by atoms with Crippen molar-refractivity contribution in [1.82, 2.24) is 20.3 Å². The molecule has 0 bridgehead atoms. The third-order valence-electron chi connectivity index (χ3n) is 3.29. The van der Waals surface area contributed by atoms with Crippen molar-refractivity contribution in [3.05, 3.63) is 46.8 Å². The lowest BCUT2D eigenvalue weighted by Crippen LogP contribution is -2.21. The third kappa shape index (κ3) is 2.08. The first-order valence-corrected chi connectivity index (χ1v) is 5.73. The maximum absolute atomic E-state index is 3.99. The number of hydrogen-bond donors (Lipinski definition) is 1. The number of rotatable bonds is 3. The summed E-state index contributed by atoms with van der Waals surface area (Å²) in [6.45, 7) is 4.28. The Hall–Kier alpha value is -1.68. The van der Waals surface area contributed by atoms with Crippen LogP contribution in [0.25, 0.3) is 0 Å². The predicted octanol–water partition coefficient (Wildman–Crippen LogP) is 1.74. The molecule has 1 atom stereocenters. The number of benzene rings is 1.